The number of nitrogens with zero attached hydrogens (tertiary/aromatic N) is 3. The minimum Gasteiger partial charge on any atom is -0.357 e. The number of hydrogen-bond donors (Lipinski definition) is 2. The second-order valence-electron chi connectivity index (χ2n) is 5.06. The lowest BCUT2D eigenvalue weighted by molar-refractivity contribution is 0.445. The van der Waals surface area contributed by atoms with Crippen molar-refractivity contribution in [2.75, 3.05) is 31.9 Å². The first-order valence-corrected chi connectivity index (χ1v) is 9.85. The normalized spacial score (nSPS) is 17.7. The molecule has 1 fully saturated rings. The van der Waals surface area contributed by atoms with Crippen LogP contribution in [0.25, 0.3) is 0 Å². The predicted molar refractivity (Wildman–Crippen MR) is 105 cm³/mol. The second-order valence-corrected chi connectivity index (χ2v) is 8.46. The van der Waals surface area contributed by atoms with Gasteiger partial charge in [-0.05, 0) is 20.3 Å². The Labute approximate surface area is 159 Å². The number of aliphatic imine (C=N–C) groups is 1. The molecule has 0 bridgehead atoms. The maximum Gasteiger partial charge on any atom is 0.214 e. The minimum absolute atomic E-state index is 0. The number of rotatable bonds is 6. The van der Waals surface area contributed by atoms with Crippen molar-refractivity contribution in [3.8, 4) is 0 Å². The first-order valence-electron chi connectivity index (χ1n) is 7.42. The molecule has 23 heavy (non-hydrogen) atoms. The third-order valence-corrected chi connectivity index (χ3v) is 6.10. The van der Waals surface area contributed by atoms with E-state index in [-0.39, 0.29) is 29.7 Å². The molecule has 0 aromatic carbocycles. The summed E-state index contributed by atoms with van der Waals surface area (Å²) in [6.45, 7) is 6.93. The van der Waals surface area contributed by atoms with Crippen molar-refractivity contribution in [1.29, 1.82) is 0 Å². The number of aryl methyl sites for hydroxylation is 1. The Morgan fingerprint density at radius 1 is 1.48 bits per heavy atom. The Morgan fingerprint density at radius 2 is 2.26 bits per heavy atom. The number of guanidine groups is 1. The fraction of sp³-hybridized carbons (Fsp3) is 0.692. The summed E-state index contributed by atoms with van der Waals surface area (Å²) in [5.41, 5.74) is 0. The molecular formula is C13H24IN5O2S2. The van der Waals surface area contributed by atoms with E-state index in [2.05, 4.69) is 20.6 Å². The SMILES string of the molecule is CCNC(=NCc1ncc(C)s1)NCCN1CCCS1(=O)=O.I. The molecule has 0 amide bonds. The van der Waals surface area contributed by atoms with Crippen LogP contribution in [0.4, 0.5) is 0 Å². The van der Waals surface area contributed by atoms with Gasteiger partial charge < -0.3 is 10.6 Å². The summed E-state index contributed by atoms with van der Waals surface area (Å²) in [6, 6.07) is 0. The molecule has 1 aliphatic heterocycles. The molecule has 2 heterocycles. The summed E-state index contributed by atoms with van der Waals surface area (Å²) in [6.07, 6.45) is 2.56. The quantitative estimate of drug-likeness (QED) is 0.368. The van der Waals surface area contributed by atoms with Crippen molar-refractivity contribution in [2.24, 2.45) is 4.99 Å². The topological polar surface area (TPSA) is 86.7 Å². The van der Waals surface area contributed by atoms with Gasteiger partial charge in [0.25, 0.3) is 0 Å². The molecule has 2 rings (SSSR count). The van der Waals surface area contributed by atoms with Crippen LogP contribution in [-0.2, 0) is 16.6 Å². The summed E-state index contributed by atoms with van der Waals surface area (Å²) in [5, 5.41) is 7.29. The van der Waals surface area contributed by atoms with Crippen LogP contribution in [0.2, 0.25) is 0 Å². The zero-order chi connectivity index (χ0) is 16.0. The average Bonchev–Trinajstić information content (AvgIpc) is 3.02. The lowest BCUT2D eigenvalue weighted by atomic mass is 10.5. The van der Waals surface area contributed by atoms with Gasteiger partial charge in [-0.2, -0.15) is 0 Å². The van der Waals surface area contributed by atoms with E-state index in [0.29, 0.717) is 32.1 Å². The molecule has 0 atom stereocenters. The first-order chi connectivity index (χ1) is 10.5. The molecule has 1 aromatic rings. The molecule has 10 heteroatoms. The molecule has 7 nitrogen and oxygen atoms in total. The van der Waals surface area contributed by atoms with Crippen LogP contribution >= 0.6 is 35.3 Å². The van der Waals surface area contributed by atoms with E-state index in [9.17, 15) is 8.42 Å². The van der Waals surface area contributed by atoms with E-state index in [1.165, 1.54) is 9.18 Å². The highest BCUT2D eigenvalue weighted by Crippen LogP contribution is 2.12. The van der Waals surface area contributed by atoms with E-state index >= 15 is 0 Å². The molecule has 1 aromatic heterocycles. The Morgan fingerprint density at radius 3 is 2.83 bits per heavy atom. The molecule has 1 aliphatic rings. The van der Waals surface area contributed by atoms with Gasteiger partial charge in [0.2, 0.25) is 10.0 Å². The summed E-state index contributed by atoms with van der Waals surface area (Å²) < 4.78 is 25.0. The minimum atomic E-state index is -3.03. The van der Waals surface area contributed by atoms with Gasteiger partial charge in [-0.3, -0.25) is 0 Å². The summed E-state index contributed by atoms with van der Waals surface area (Å²) >= 11 is 1.63. The van der Waals surface area contributed by atoms with Crippen LogP contribution in [0.15, 0.2) is 11.2 Å². The van der Waals surface area contributed by atoms with Crippen molar-refractivity contribution in [3.63, 3.8) is 0 Å². The lowest BCUT2D eigenvalue weighted by Crippen LogP contribution is -2.42. The molecule has 0 aliphatic carbocycles. The zero-order valence-electron chi connectivity index (χ0n) is 13.4. The van der Waals surface area contributed by atoms with Gasteiger partial charge in [-0.15, -0.1) is 35.3 Å². The van der Waals surface area contributed by atoms with Crippen LogP contribution in [-0.4, -0.2) is 55.6 Å². The van der Waals surface area contributed by atoms with Gasteiger partial charge in [0.15, 0.2) is 5.96 Å². The van der Waals surface area contributed by atoms with Crippen molar-refractivity contribution >= 4 is 51.3 Å². The molecule has 1 saturated heterocycles. The van der Waals surface area contributed by atoms with Crippen molar-refractivity contribution in [3.05, 3.63) is 16.1 Å². The monoisotopic (exact) mass is 473 g/mol. The Bertz CT molecular complexity index is 618. The van der Waals surface area contributed by atoms with E-state index in [1.807, 2.05) is 20.0 Å². The molecule has 0 saturated carbocycles. The summed E-state index contributed by atoms with van der Waals surface area (Å²) in [5.74, 6) is 0.955. The average molecular weight is 473 g/mol. The highest BCUT2D eigenvalue weighted by atomic mass is 127. The van der Waals surface area contributed by atoms with E-state index < -0.39 is 10.0 Å². The highest BCUT2D eigenvalue weighted by molar-refractivity contribution is 14.0. The van der Waals surface area contributed by atoms with Crippen LogP contribution in [0, 0.1) is 6.92 Å². The van der Waals surface area contributed by atoms with Gasteiger partial charge in [-0.1, -0.05) is 0 Å². The molecule has 2 N–H and O–H groups in total. The Kier molecular flexibility index (Phi) is 8.72. The number of thiazole rings is 1. The van der Waals surface area contributed by atoms with Gasteiger partial charge in [0.05, 0.1) is 12.3 Å². The molecule has 0 unspecified atom stereocenters. The number of halogens is 1. The Balaban J connectivity index is 0.00000264. The van der Waals surface area contributed by atoms with E-state index in [1.54, 1.807) is 11.3 Å². The smallest absolute Gasteiger partial charge is 0.214 e. The molecule has 132 valence electrons. The van der Waals surface area contributed by atoms with Crippen LogP contribution in [0.5, 0.6) is 0 Å². The largest absolute Gasteiger partial charge is 0.357 e. The zero-order valence-corrected chi connectivity index (χ0v) is 17.4. The molecular weight excluding hydrogens is 449 g/mol. The van der Waals surface area contributed by atoms with Gasteiger partial charge in [-0.25, -0.2) is 22.7 Å². The maximum atomic E-state index is 11.7. The predicted octanol–water partition coefficient (Wildman–Crippen LogP) is 1.16. The van der Waals surface area contributed by atoms with Crippen molar-refractivity contribution in [2.45, 2.75) is 26.8 Å². The number of nitrogens with one attached hydrogen (secondary N) is 2. The maximum absolute atomic E-state index is 11.7. The first kappa shape index (κ1) is 20.6. The fourth-order valence-electron chi connectivity index (χ4n) is 2.20. The van der Waals surface area contributed by atoms with Crippen LogP contribution in [0.3, 0.4) is 0 Å². The number of sulfonamides is 1. The Hall–Kier alpha value is -0.460. The van der Waals surface area contributed by atoms with E-state index in [0.717, 1.165) is 18.0 Å². The molecule has 0 radical (unpaired) electrons. The van der Waals surface area contributed by atoms with Crippen LogP contribution in [0.1, 0.15) is 23.2 Å². The van der Waals surface area contributed by atoms with Crippen molar-refractivity contribution < 1.29 is 8.42 Å². The number of hydrogen-bond acceptors (Lipinski definition) is 5. The lowest BCUT2D eigenvalue weighted by Gasteiger charge is -2.16. The van der Waals surface area contributed by atoms with Gasteiger partial charge in [0, 0.05) is 37.3 Å². The summed E-state index contributed by atoms with van der Waals surface area (Å²) in [7, 11) is -3.03. The van der Waals surface area contributed by atoms with Crippen molar-refractivity contribution in [1.82, 2.24) is 19.9 Å². The second kappa shape index (κ2) is 9.74. The number of aromatic nitrogens is 1. The summed E-state index contributed by atoms with van der Waals surface area (Å²) in [4.78, 5) is 9.92. The fourth-order valence-corrected chi connectivity index (χ4v) is 4.44. The third-order valence-electron chi connectivity index (χ3n) is 3.24. The van der Waals surface area contributed by atoms with Gasteiger partial charge in [0.1, 0.15) is 5.01 Å². The standard InChI is InChI=1S/C13H23N5O2S2.HI/c1-3-14-13(17-10-12-16-9-11(2)21-12)15-5-7-18-6-4-8-22(18,19)20;/h9H,3-8,10H2,1-2H3,(H2,14,15,17);1H. The van der Waals surface area contributed by atoms with Crippen LogP contribution < -0.4 is 10.6 Å². The van der Waals surface area contributed by atoms with E-state index in [4.69, 9.17) is 0 Å². The third kappa shape index (κ3) is 6.51. The highest BCUT2D eigenvalue weighted by Gasteiger charge is 2.27. The van der Waals surface area contributed by atoms with Gasteiger partial charge >= 0.3 is 0 Å². The molecule has 0 spiro atoms.